The molecule has 1 unspecified atom stereocenters. The first-order valence-corrected chi connectivity index (χ1v) is 7.00. The predicted molar refractivity (Wildman–Crippen MR) is 75.7 cm³/mol. The third-order valence-corrected chi connectivity index (χ3v) is 3.76. The summed E-state index contributed by atoms with van der Waals surface area (Å²) in [6, 6.07) is 5.14. The first-order chi connectivity index (χ1) is 9.82. The average Bonchev–Trinajstić information content (AvgIpc) is 2.75. The molecule has 1 atom stereocenters. The van der Waals surface area contributed by atoms with E-state index in [1.807, 2.05) is 0 Å². The fourth-order valence-electron chi connectivity index (χ4n) is 2.15. The summed E-state index contributed by atoms with van der Waals surface area (Å²) >= 11 is 3.30. The monoisotopic (exact) mass is 362 g/mol. The number of nitrogens with zero attached hydrogens (tertiary/aromatic N) is 3. The van der Waals surface area contributed by atoms with Crippen molar-refractivity contribution in [1.29, 1.82) is 0 Å². The molecular formula is C13H14BrF3N4. The van der Waals surface area contributed by atoms with Crippen molar-refractivity contribution in [2.24, 2.45) is 7.05 Å². The van der Waals surface area contributed by atoms with Gasteiger partial charge in [-0.3, -0.25) is 0 Å². The van der Waals surface area contributed by atoms with Crippen LogP contribution in [-0.4, -0.2) is 22.0 Å². The zero-order valence-corrected chi connectivity index (χ0v) is 13.0. The molecule has 0 amide bonds. The van der Waals surface area contributed by atoms with Crippen LogP contribution < -0.4 is 5.32 Å². The summed E-state index contributed by atoms with van der Waals surface area (Å²) in [5.41, 5.74) is 0.740. The quantitative estimate of drug-likeness (QED) is 0.908. The number of benzene rings is 1. The van der Waals surface area contributed by atoms with E-state index in [0.717, 1.165) is 11.8 Å². The summed E-state index contributed by atoms with van der Waals surface area (Å²) in [5.74, 6) is 0. The average molecular weight is 363 g/mol. The molecule has 0 radical (unpaired) electrons. The fraction of sp³-hybridized carbons (Fsp3) is 0.385. The van der Waals surface area contributed by atoms with Gasteiger partial charge >= 0.3 is 6.18 Å². The third kappa shape index (κ3) is 3.62. The second-order valence-electron chi connectivity index (χ2n) is 4.63. The summed E-state index contributed by atoms with van der Waals surface area (Å²) in [6.45, 7) is 0. The largest absolute Gasteiger partial charge is 0.416 e. The van der Waals surface area contributed by atoms with Crippen molar-refractivity contribution in [2.75, 3.05) is 7.05 Å². The highest BCUT2D eigenvalue weighted by molar-refractivity contribution is 9.10. The molecular weight excluding hydrogens is 349 g/mol. The summed E-state index contributed by atoms with van der Waals surface area (Å²) in [4.78, 5) is 0. The van der Waals surface area contributed by atoms with E-state index in [1.165, 1.54) is 12.1 Å². The highest BCUT2D eigenvalue weighted by atomic mass is 79.9. The minimum atomic E-state index is -4.33. The Bertz CT molecular complexity index is 605. The highest BCUT2D eigenvalue weighted by Crippen LogP contribution is 2.31. The van der Waals surface area contributed by atoms with Crippen LogP contribution in [0.25, 0.3) is 0 Å². The first kappa shape index (κ1) is 16.0. The maximum Gasteiger partial charge on any atom is 0.416 e. The molecule has 1 heterocycles. The molecule has 0 saturated heterocycles. The minimum Gasteiger partial charge on any atom is -0.311 e. The lowest BCUT2D eigenvalue weighted by Crippen LogP contribution is -2.22. The highest BCUT2D eigenvalue weighted by Gasteiger charge is 2.30. The van der Waals surface area contributed by atoms with Gasteiger partial charge in [-0.15, -0.1) is 5.10 Å². The van der Waals surface area contributed by atoms with E-state index in [-0.39, 0.29) is 6.04 Å². The van der Waals surface area contributed by atoms with Crippen molar-refractivity contribution in [2.45, 2.75) is 18.6 Å². The topological polar surface area (TPSA) is 42.7 Å². The fourth-order valence-corrected chi connectivity index (χ4v) is 2.76. The second-order valence-corrected chi connectivity index (χ2v) is 5.38. The lowest BCUT2D eigenvalue weighted by Gasteiger charge is -2.17. The van der Waals surface area contributed by atoms with Crippen LogP contribution in [0.3, 0.4) is 0 Å². The number of aromatic nitrogens is 3. The molecule has 2 aromatic rings. The van der Waals surface area contributed by atoms with E-state index in [2.05, 4.69) is 31.6 Å². The molecule has 1 aromatic heterocycles. The van der Waals surface area contributed by atoms with Crippen LogP contribution in [0.1, 0.15) is 22.9 Å². The Kier molecular flexibility index (Phi) is 4.67. The maximum atomic E-state index is 12.7. The molecule has 114 valence electrons. The molecule has 0 aliphatic heterocycles. The SMILES string of the molecule is CNC(Cc1cccc(C(F)(F)F)c1)c1c(Br)nnn1C. The number of alkyl halides is 3. The summed E-state index contributed by atoms with van der Waals surface area (Å²) in [5, 5.41) is 10.9. The molecule has 2 rings (SSSR count). The number of aryl methyl sites for hydroxylation is 1. The van der Waals surface area contributed by atoms with Gasteiger partial charge in [-0.2, -0.15) is 13.2 Å². The van der Waals surface area contributed by atoms with Gasteiger partial charge in [-0.1, -0.05) is 23.4 Å². The number of nitrogens with one attached hydrogen (secondary N) is 1. The van der Waals surface area contributed by atoms with Crippen molar-refractivity contribution in [3.63, 3.8) is 0 Å². The maximum absolute atomic E-state index is 12.7. The van der Waals surface area contributed by atoms with Crippen molar-refractivity contribution in [3.05, 3.63) is 45.7 Å². The van der Waals surface area contributed by atoms with Crippen LogP contribution >= 0.6 is 15.9 Å². The molecule has 0 aliphatic carbocycles. The molecule has 1 N–H and O–H groups in total. The van der Waals surface area contributed by atoms with Crippen LogP contribution in [0, 0.1) is 0 Å². The Morgan fingerprint density at radius 2 is 2.10 bits per heavy atom. The predicted octanol–water partition coefficient (Wildman–Crippen LogP) is 3.10. The Morgan fingerprint density at radius 1 is 1.38 bits per heavy atom. The molecule has 8 heteroatoms. The van der Waals surface area contributed by atoms with E-state index < -0.39 is 11.7 Å². The van der Waals surface area contributed by atoms with Crippen LogP contribution in [0.4, 0.5) is 13.2 Å². The standard InChI is InChI=1S/C13H14BrF3N4/c1-18-10(11-12(14)19-20-21(11)2)7-8-4-3-5-9(6-8)13(15,16)17/h3-6,10,18H,7H2,1-2H3. The number of hydrogen-bond acceptors (Lipinski definition) is 3. The van der Waals surface area contributed by atoms with Gasteiger partial charge in [-0.05, 0) is 41.0 Å². The molecule has 0 aliphatic rings. The molecule has 1 aromatic carbocycles. The lowest BCUT2D eigenvalue weighted by molar-refractivity contribution is -0.137. The molecule has 0 saturated carbocycles. The normalized spacial score (nSPS) is 13.4. The van der Waals surface area contributed by atoms with Gasteiger partial charge in [0.2, 0.25) is 0 Å². The Morgan fingerprint density at radius 3 is 2.62 bits per heavy atom. The summed E-state index contributed by atoms with van der Waals surface area (Å²) in [6.07, 6.45) is -3.93. The van der Waals surface area contributed by atoms with Gasteiger partial charge in [0.1, 0.15) is 0 Å². The van der Waals surface area contributed by atoms with Gasteiger partial charge in [0.05, 0.1) is 17.3 Å². The van der Waals surface area contributed by atoms with Crippen LogP contribution in [-0.2, 0) is 19.6 Å². The molecule has 21 heavy (non-hydrogen) atoms. The summed E-state index contributed by atoms with van der Waals surface area (Å²) < 4.78 is 40.4. The Hall–Kier alpha value is -1.41. The van der Waals surface area contributed by atoms with Crippen molar-refractivity contribution >= 4 is 15.9 Å². The third-order valence-electron chi connectivity index (χ3n) is 3.20. The number of halogens is 4. The van der Waals surface area contributed by atoms with Crippen molar-refractivity contribution in [1.82, 2.24) is 20.3 Å². The van der Waals surface area contributed by atoms with E-state index >= 15 is 0 Å². The zero-order valence-electron chi connectivity index (χ0n) is 11.4. The Balaban J connectivity index is 2.28. The number of hydrogen-bond donors (Lipinski definition) is 1. The molecule has 0 fully saturated rings. The molecule has 4 nitrogen and oxygen atoms in total. The van der Waals surface area contributed by atoms with Gasteiger partial charge in [0.15, 0.2) is 4.60 Å². The zero-order chi connectivity index (χ0) is 15.6. The minimum absolute atomic E-state index is 0.192. The van der Waals surface area contributed by atoms with Gasteiger partial charge in [-0.25, -0.2) is 4.68 Å². The Labute approximate surface area is 128 Å². The van der Waals surface area contributed by atoms with Crippen molar-refractivity contribution < 1.29 is 13.2 Å². The van der Waals surface area contributed by atoms with Crippen LogP contribution in [0.5, 0.6) is 0 Å². The number of rotatable bonds is 4. The van der Waals surface area contributed by atoms with Crippen molar-refractivity contribution in [3.8, 4) is 0 Å². The van der Waals surface area contributed by atoms with E-state index in [1.54, 1.807) is 24.8 Å². The lowest BCUT2D eigenvalue weighted by atomic mass is 10.0. The molecule has 0 spiro atoms. The number of likely N-dealkylation sites (N-methyl/N-ethyl adjacent to an activating group) is 1. The van der Waals surface area contributed by atoms with Gasteiger partial charge < -0.3 is 5.32 Å². The first-order valence-electron chi connectivity index (χ1n) is 6.21. The smallest absolute Gasteiger partial charge is 0.311 e. The second kappa shape index (κ2) is 6.15. The molecule has 0 bridgehead atoms. The van der Waals surface area contributed by atoms with E-state index in [4.69, 9.17) is 0 Å². The van der Waals surface area contributed by atoms with Crippen LogP contribution in [0.15, 0.2) is 28.9 Å². The van der Waals surface area contributed by atoms with E-state index in [0.29, 0.717) is 16.6 Å². The van der Waals surface area contributed by atoms with E-state index in [9.17, 15) is 13.2 Å². The summed E-state index contributed by atoms with van der Waals surface area (Å²) in [7, 11) is 3.49. The van der Waals surface area contributed by atoms with Gasteiger partial charge in [0, 0.05) is 7.05 Å². The van der Waals surface area contributed by atoms with Gasteiger partial charge in [0.25, 0.3) is 0 Å². The van der Waals surface area contributed by atoms with Crippen LogP contribution in [0.2, 0.25) is 0 Å².